The van der Waals surface area contributed by atoms with Crippen molar-refractivity contribution >= 4 is 23.5 Å². The zero-order valence-electron chi connectivity index (χ0n) is 11.5. The van der Waals surface area contributed by atoms with Crippen LogP contribution < -0.4 is 10.1 Å². The molecule has 0 aromatic heterocycles. The number of nitrogens with one attached hydrogen (secondary N) is 1. The summed E-state index contributed by atoms with van der Waals surface area (Å²) in [5, 5.41) is 11.9. The topological polar surface area (TPSA) is 75.6 Å². The Kier molecular flexibility index (Phi) is 6.31. The molecule has 2 N–H and O–H groups in total. The van der Waals surface area contributed by atoms with Gasteiger partial charge in [-0.15, -0.1) is 0 Å². The zero-order chi connectivity index (χ0) is 15.1. The van der Waals surface area contributed by atoms with E-state index in [1.807, 2.05) is 0 Å². The molecule has 1 rings (SSSR count). The molecule has 20 heavy (non-hydrogen) atoms. The molecule has 0 heterocycles. The molecule has 1 aromatic rings. The highest BCUT2D eigenvalue weighted by Crippen LogP contribution is 2.25. The minimum atomic E-state index is -0.905. The lowest BCUT2D eigenvalue weighted by Gasteiger charge is -2.13. The number of halogens is 1. The summed E-state index contributed by atoms with van der Waals surface area (Å²) >= 11 is 6.06. The summed E-state index contributed by atoms with van der Waals surface area (Å²) in [6.07, 6.45) is 0.141. The number of benzene rings is 1. The number of hydrogen-bond acceptors (Lipinski definition) is 3. The molecule has 0 radical (unpaired) electrons. The van der Waals surface area contributed by atoms with Crippen molar-refractivity contribution in [1.82, 2.24) is 5.32 Å². The van der Waals surface area contributed by atoms with E-state index >= 15 is 0 Å². The maximum Gasteiger partial charge on any atom is 0.303 e. The first kappa shape index (κ1) is 16.3. The molecule has 1 aromatic carbocycles. The molecule has 0 aliphatic carbocycles. The Morgan fingerprint density at radius 3 is 2.70 bits per heavy atom. The second kappa shape index (κ2) is 7.75. The van der Waals surface area contributed by atoms with Gasteiger partial charge < -0.3 is 15.2 Å². The van der Waals surface area contributed by atoms with E-state index in [1.165, 1.54) is 7.11 Å². The standard InChI is InChI=1S/C14H18ClNO4/c1-9(7-14(18)19)6-13(17)16-8-10-11(15)4-3-5-12(10)20-2/h3-5,9H,6-8H2,1-2H3,(H,16,17)(H,18,19). The summed E-state index contributed by atoms with van der Waals surface area (Å²) in [6, 6.07) is 5.25. The molecule has 0 saturated carbocycles. The van der Waals surface area contributed by atoms with Crippen molar-refractivity contribution < 1.29 is 19.4 Å². The molecule has 0 bridgehead atoms. The van der Waals surface area contributed by atoms with E-state index in [4.69, 9.17) is 21.4 Å². The molecule has 0 fully saturated rings. The van der Waals surface area contributed by atoms with E-state index in [0.29, 0.717) is 16.3 Å². The summed E-state index contributed by atoms with van der Waals surface area (Å²) in [5.74, 6) is -0.712. The lowest BCUT2D eigenvalue weighted by atomic mass is 10.0. The maximum atomic E-state index is 11.7. The molecule has 0 aliphatic heterocycles. The number of methoxy groups -OCH3 is 1. The van der Waals surface area contributed by atoms with Crippen molar-refractivity contribution in [1.29, 1.82) is 0 Å². The predicted molar refractivity (Wildman–Crippen MR) is 75.9 cm³/mol. The van der Waals surface area contributed by atoms with Gasteiger partial charge in [-0.3, -0.25) is 9.59 Å². The van der Waals surface area contributed by atoms with Crippen molar-refractivity contribution in [2.24, 2.45) is 5.92 Å². The first-order chi connectivity index (χ1) is 9.43. The Labute approximate surface area is 122 Å². The normalized spacial score (nSPS) is 11.8. The molecule has 0 saturated heterocycles. The maximum absolute atomic E-state index is 11.7. The minimum absolute atomic E-state index is 0.0250. The Morgan fingerprint density at radius 2 is 2.10 bits per heavy atom. The van der Waals surface area contributed by atoms with Crippen LogP contribution in [-0.2, 0) is 16.1 Å². The van der Waals surface area contributed by atoms with Gasteiger partial charge in [0.15, 0.2) is 0 Å². The Bertz CT molecular complexity index is 490. The van der Waals surface area contributed by atoms with Crippen LogP contribution in [0.2, 0.25) is 5.02 Å². The van der Waals surface area contributed by atoms with E-state index in [9.17, 15) is 9.59 Å². The van der Waals surface area contributed by atoms with Crippen LogP contribution in [0.4, 0.5) is 0 Å². The van der Waals surface area contributed by atoms with Gasteiger partial charge in [-0.2, -0.15) is 0 Å². The largest absolute Gasteiger partial charge is 0.496 e. The van der Waals surface area contributed by atoms with Gasteiger partial charge >= 0.3 is 5.97 Å². The van der Waals surface area contributed by atoms with Gasteiger partial charge in [-0.25, -0.2) is 0 Å². The molecule has 110 valence electrons. The van der Waals surface area contributed by atoms with Gasteiger partial charge in [0.25, 0.3) is 0 Å². The Morgan fingerprint density at radius 1 is 1.40 bits per heavy atom. The number of ether oxygens (including phenoxy) is 1. The van der Waals surface area contributed by atoms with Crippen molar-refractivity contribution in [3.63, 3.8) is 0 Å². The number of amides is 1. The third-order valence-corrected chi connectivity index (χ3v) is 3.17. The van der Waals surface area contributed by atoms with Crippen LogP contribution in [0.15, 0.2) is 18.2 Å². The van der Waals surface area contributed by atoms with E-state index in [-0.39, 0.29) is 31.2 Å². The number of carboxylic acid groups (broad SMARTS) is 1. The van der Waals surface area contributed by atoms with Crippen molar-refractivity contribution in [2.75, 3.05) is 7.11 Å². The Hall–Kier alpha value is -1.75. The smallest absolute Gasteiger partial charge is 0.303 e. The molecule has 1 amide bonds. The van der Waals surface area contributed by atoms with Crippen LogP contribution in [0.1, 0.15) is 25.3 Å². The quantitative estimate of drug-likeness (QED) is 0.811. The molecular formula is C14H18ClNO4. The molecule has 6 heteroatoms. The lowest BCUT2D eigenvalue weighted by Crippen LogP contribution is -2.25. The summed E-state index contributed by atoms with van der Waals surface area (Å²) < 4.78 is 5.18. The Balaban J connectivity index is 2.55. The highest BCUT2D eigenvalue weighted by molar-refractivity contribution is 6.31. The van der Waals surface area contributed by atoms with Gasteiger partial charge in [0, 0.05) is 30.0 Å². The number of carbonyl (C=O) groups is 2. The van der Waals surface area contributed by atoms with Crippen LogP contribution in [0.25, 0.3) is 0 Å². The predicted octanol–water partition coefficient (Wildman–Crippen LogP) is 2.47. The number of rotatable bonds is 7. The van der Waals surface area contributed by atoms with Crippen molar-refractivity contribution in [2.45, 2.75) is 26.3 Å². The highest BCUT2D eigenvalue weighted by Gasteiger charge is 2.14. The van der Waals surface area contributed by atoms with Gasteiger partial charge in [-0.05, 0) is 18.1 Å². The third-order valence-electron chi connectivity index (χ3n) is 2.82. The van der Waals surface area contributed by atoms with Crippen molar-refractivity contribution in [3.8, 4) is 5.75 Å². The summed E-state index contributed by atoms with van der Waals surface area (Å²) in [4.78, 5) is 22.3. The molecule has 1 unspecified atom stereocenters. The first-order valence-electron chi connectivity index (χ1n) is 6.24. The second-order valence-corrected chi connectivity index (χ2v) is 5.01. The van der Waals surface area contributed by atoms with Crippen LogP contribution in [0, 0.1) is 5.92 Å². The number of hydrogen-bond donors (Lipinski definition) is 2. The lowest BCUT2D eigenvalue weighted by molar-refractivity contribution is -0.138. The monoisotopic (exact) mass is 299 g/mol. The average molecular weight is 300 g/mol. The van der Waals surface area contributed by atoms with E-state index in [1.54, 1.807) is 25.1 Å². The van der Waals surface area contributed by atoms with E-state index in [0.717, 1.165) is 0 Å². The SMILES string of the molecule is COc1cccc(Cl)c1CNC(=O)CC(C)CC(=O)O. The molecule has 0 aliphatic rings. The van der Waals surface area contributed by atoms with Crippen LogP contribution in [0.5, 0.6) is 5.75 Å². The molecule has 5 nitrogen and oxygen atoms in total. The number of carboxylic acids is 1. The highest BCUT2D eigenvalue weighted by atomic mass is 35.5. The van der Waals surface area contributed by atoms with E-state index in [2.05, 4.69) is 5.32 Å². The molecule has 0 spiro atoms. The minimum Gasteiger partial charge on any atom is -0.496 e. The van der Waals surface area contributed by atoms with Crippen LogP contribution >= 0.6 is 11.6 Å². The fraction of sp³-hybridized carbons (Fsp3) is 0.429. The van der Waals surface area contributed by atoms with Crippen LogP contribution in [-0.4, -0.2) is 24.1 Å². The second-order valence-electron chi connectivity index (χ2n) is 4.60. The zero-order valence-corrected chi connectivity index (χ0v) is 12.2. The summed E-state index contributed by atoms with van der Waals surface area (Å²) in [5.41, 5.74) is 0.705. The number of aliphatic carboxylic acids is 1. The van der Waals surface area contributed by atoms with Gasteiger partial charge in [0.05, 0.1) is 7.11 Å². The van der Waals surface area contributed by atoms with Gasteiger partial charge in [0.1, 0.15) is 5.75 Å². The van der Waals surface area contributed by atoms with Gasteiger partial charge in [0.2, 0.25) is 5.91 Å². The fourth-order valence-corrected chi connectivity index (χ4v) is 2.08. The van der Waals surface area contributed by atoms with Gasteiger partial charge in [-0.1, -0.05) is 24.6 Å². The van der Waals surface area contributed by atoms with Crippen molar-refractivity contribution in [3.05, 3.63) is 28.8 Å². The number of carbonyl (C=O) groups excluding carboxylic acids is 1. The van der Waals surface area contributed by atoms with E-state index < -0.39 is 5.97 Å². The average Bonchev–Trinajstić information content (AvgIpc) is 2.35. The summed E-state index contributed by atoms with van der Waals surface area (Å²) in [7, 11) is 1.53. The molecular weight excluding hydrogens is 282 g/mol. The third kappa shape index (κ3) is 5.09. The molecule has 1 atom stereocenters. The fourth-order valence-electron chi connectivity index (χ4n) is 1.85. The first-order valence-corrected chi connectivity index (χ1v) is 6.61. The summed E-state index contributed by atoms with van der Waals surface area (Å²) in [6.45, 7) is 1.98. The van der Waals surface area contributed by atoms with Crippen LogP contribution in [0.3, 0.4) is 0 Å².